The normalized spacial score (nSPS) is 22.7. The first kappa shape index (κ1) is 35.0. The van der Waals surface area contributed by atoms with Crippen LogP contribution in [0.25, 0.3) is 0 Å². The number of hydrogen-bond acceptors (Lipinski definition) is 11. The SMILES string of the molecule is COC(=O)[C@@H]1CCOCCCCOC[C@H](NC(=O)[C@@H](N)CCCCNC(=O)OC(C)(C)C)C(=O)N[C@@H](N)C(=O)N1. The maximum Gasteiger partial charge on any atom is 0.407 e. The zero-order chi connectivity index (χ0) is 30.1. The summed E-state index contributed by atoms with van der Waals surface area (Å²) in [5, 5.41) is 9.95. The lowest BCUT2D eigenvalue weighted by atomic mass is 10.1. The van der Waals surface area contributed by atoms with E-state index in [0.717, 1.165) is 0 Å². The van der Waals surface area contributed by atoms with Gasteiger partial charge in [-0.15, -0.1) is 0 Å². The van der Waals surface area contributed by atoms with Gasteiger partial charge in [0.25, 0.3) is 5.91 Å². The number of carbonyl (C=O) groups is 5. The summed E-state index contributed by atoms with van der Waals surface area (Å²) in [4.78, 5) is 61.8. The van der Waals surface area contributed by atoms with Gasteiger partial charge in [0, 0.05) is 32.8 Å². The van der Waals surface area contributed by atoms with Gasteiger partial charge in [0.15, 0.2) is 6.17 Å². The Bertz CT molecular complexity index is 836. The van der Waals surface area contributed by atoms with Crippen LogP contribution in [0.3, 0.4) is 0 Å². The molecule has 1 fully saturated rings. The van der Waals surface area contributed by atoms with Gasteiger partial charge in [-0.3, -0.25) is 14.4 Å². The van der Waals surface area contributed by atoms with E-state index in [-0.39, 0.29) is 19.6 Å². The molecule has 0 aromatic carbocycles. The Balaban J connectivity index is 2.68. The average molecular weight is 575 g/mol. The van der Waals surface area contributed by atoms with E-state index in [9.17, 15) is 24.0 Å². The number of nitrogens with one attached hydrogen (secondary N) is 4. The van der Waals surface area contributed by atoms with Gasteiger partial charge in [-0.05, 0) is 52.9 Å². The molecule has 0 spiro atoms. The average Bonchev–Trinajstić information content (AvgIpc) is 2.87. The summed E-state index contributed by atoms with van der Waals surface area (Å²) < 4.78 is 20.9. The molecule has 0 aromatic heterocycles. The number of rotatable bonds is 8. The van der Waals surface area contributed by atoms with Gasteiger partial charge in [-0.25, -0.2) is 9.59 Å². The highest BCUT2D eigenvalue weighted by Gasteiger charge is 2.29. The van der Waals surface area contributed by atoms with E-state index in [2.05, 4.69) is 21.3 Å². The van der Waals surface area contributed by atoms with Crippen LogP contribution in [-0.2, 0) is 38.1 Å². The van der Waals surface area contributed by atoms with Gasteiger partial charge >= 0.3 is 12.1 Å². The molecule has 4 amide bonds. The Labute approximate surface area is 235 Å². The Morgan fingerprint density at radius 2 is 1.73 bits per heavy atom. The molecule has 1 aliphatic heterocycles. The molecule has 0 radical (unpaired) electrons. The van der Waals surface area contributed by atoms with Crippen molar-refractivity contribution in [3.05, 3.63) is 0 Å². The fourth-order valence-corrected chi connectivity index (χ4v) is 3.47. The van der Waals surface area contributed by atoms with E-state index in [1.807, 2.05) is 0 Å². The molecule has 0 aromatic rings. The van der Waals surface area contributed by atoms with E-state index < -0.39 is 59.7 Å². The first-order valence-electron chi connectivity index (χ1n) is 13.5. The molecule has 0 unspecified atom stereocenters. The van der Waals surface area contributed by atoms with Crippen LogP contribution >= 0.6 is 0 Å². The van der Waals surface area contributed by atoms with Crippen LogP contribution in [0.1, 0.15) is 59.3 Å². The zero-order valence-electron chi connectivity index (χ0n) is 23.9. The lowest BCUT2D eigenvalue weighted by molar-refractivity contribution is -0.146. The van der Waals surface area contributed by atoms with E-state index in [0.29, 0.717) is 51.9 Å². The van der Waals surface area contributed by atoms with Gasteiger partial charge in [0.2, 0.25) is 11.8 Å². The Kier molecular flexibility index (Phi) is 16.1. The predicted octanol–water partition coefficient (Wildman–Crippen LogP) is -1.23. The molecule has 15 heteroatoms. The fourth-order valence-electron chi connectivity index (χ4n) is 3.47. The van der Waals surface area contributed by atoms with Gasteiger partial charge in [-0.1, -0.05) is 0 Å². The minimum atomic E-state index is -1.51. The summed E-state index contributed by atoms with van der Waals surface area (Å²) in [7, 11) is 1.19. The number of esters is 1. The molecule has 15 nitrogen and oxygen atoms in total. The minimum Gasteiger partial charge on any atom is -0.467 e. The second-order valence-electron chi connectivity index (χ2n) is 10.3. The molecule has 4 atom stereocenters. The second-order valence-corrected chi connectivity index (χ2v) is 10.3. The molecule has 1 rings (SSSR count). The van der Waals surface area contributed by atoms with E-state index in [1.54, 1.807) is 20.8 Å². The van der Waals surface area contributed by atoms with Crippen molar-refractivity contribution in [2.45, 2.75) is 89.2 Å². The standard InChI is InChI=1S/C25H46N6O9/c1-25(2,3)40-24(36)28-11-6-5-9-16(26)20(32)30-18-15-39-13-8-7-12-38-14-10-17(23(35)37-4)29-22(34)19(27)31-21(18)33/h16-19H,5-15,26-27H2,1-4H3,(H,28,36)(H,29,34)(H,30,32)(H,31,33)/t16-,17-,18-,19+/m0/s1. The molecule has 1 aliphatic rings. The number of ether oxygens (including phenoxy) is 4. The van der Waals surface area contributed by atoms with E-state index in [4.69, 9.17) is 30.4 Å². The van der Waals surface area contributed by atoms with Crippen molar-refractivity contribution in [3.8, 4) is 0 Å². The van der Waals surface area contributed by atoms with Gasteiger partial charge in [-0.2, -0.15) is 0 Å². The first-order valence-corrected chi connectivity index (χ1v) is 13.5. The van der Waals surface area contributed by atoms with Crippen molar-refractivity contribution in [1.82, 2.24) is 21.3 Å². The highest BCUT2D eigenvalue weighted by molar-refractivity contribution is 5.94. The summed E-state index contributed by atoms with van der Waals surface area (Å²) >= 11 is 0. The van der Waals surface area contributed by atoms with Crippen molar-refractivity contribution in [3.63, 3.8) is 0 Å². The van der Waals surface area contributed by atoms with E-state index >= 15 is 0 Å². The first-order chi connectivity index (χ1) is 18.8. The summed E-state index contributed by atoms with van der Waals surface area (Å²) in [5.74, 6) is -2.84. The quantitative estimate of drug-likeness (QED) is 0.149. The molecule has 1 heterocycles. The van der Waals surface area contributed by atoms with Crippen LogP contribution in [0.4, 0.5) is 4.79 Å². The van der Waals surface area contributed by atoms with Crippen molar-refractivity contribution >= 4 is 29.8 Å². The molecule has 0 aliphatic carbocycles. The summed E-state index contributed by atoms with van der Waals surface area (Å²) in [6.07, 6.45) is 0.809. The number of nitrogens with two attached hydrogens (primary N) is 2. The number of carbonyl (C=O) groups excluding carboxylic acids is 5. The topological polar surface area (TPSA) is 222 Å². The Morgan fingerprint density at radius 3 is 2.38 bits per heavy atom. The Hall–Kier alpha value is -3.01. The molecule has 1 saturated heterocycles. The highest BCUT2D eigenvalue weighted by Crippen LogP contribution is 2.07. The van der Waals surface area contributed by atoms with Crippen LogP contribution in [-0.4, -0.2) is 99.8 Å². The number of unbranched alkanes of at least 4 members (excludes halogenated alkanes) is 1. The van der Waals surface area contributed by atoms with Crippen LogP contribution in [0.15, 0.2) is 0 Å². The molecule has 0 bridgehead atoms. The summed E-state index contributed by atoms with van der Waals surface area (Å²) in [6.45, 7) is 6.39. The number of methoxy groups -OCH3 is 1. The molecule has 40 heavy (non-hydrogen) atoms. The lowest BCUT2D eigenvalue weighted by Gasteiger charge is -2.24. The van der Waals surface area contributed by atoms with E-state index in [1.165, 1.54) is 7.11 Å². The molecular formula is C25H46N6O9. The summed E-state index contributed by atoms with van der Waals surface area (Å²) in [5.41, 5.74) is 11.2. The smallest absolute Gasteiger partial charge is 0.407 e. The number of hydrogen-bond donors (Lipinski definition) is 6. The molecule has 230 valence electrons. The molecular weight excluding hydrogens is 528 g/mol. The third-order valence-corrected chi connectivity index (χ3v) is 5.63. The fraction of sp³-hybridized carbons (Fsp3) is 0.800. The van der Waals surface area contributed by atoms with Gasteiger partial charge < -0.3 is 51.7 Å². The van der Waals surface area contributed by atoms with Crippen LogP contribution in [0, 0.1) is 0 Å². The van der Waals surface area contributed by atoms with Crippen LogP contribution < -0.4 is 32.7 Å². The van der Waals surface area contributed by atoms with Crippen molar-refractivity contribution in [2.24, 2.45) is 11.5 Å². The molecule has 8 N–H and O–H groups in total. The second kappa shape index (κ2) is 18.4. The maximum absolute atomic E-state index is 12.9. The molecule has 0 saturated carbocycles. The van der Waals surface area contributed by atoms with Gasteiger partial charge in [0.1, 0.15) is 17.7 Å². The van der Waals surface area contributed by atoms with Crippen LogP contribution in [0.5, 0.6) is 0 Å². The van der Waals surface area contributed by atoms with Crippen molar-refractivity contribution < 1.29 is 42.9 Å². The number of amides is 4. The lowest BCUT2D eigenvalue weighted by Crippen LogP contribution is -2.61. The predicted molar refractivity (Wildman–Crippen MR) is 144 cm³/mol. The maximum atomic E-state index is 12.9. The van der Waals surface area contributed by atoms with Gasteiger partial charge in [0.05, 0.1) is 19.8 Å². The van der Waals surface area contributed by atoms with Crippen molar-refractivity contribution in [2.75, 3.05) is 40.1 Å². The number of alkyl carbamates (subject to hydrolysis) is 1. The third-order valence-electron chi connectivity index (χ3n) is 5.63. The monoisotopic (exact) mass is 574 g/mol. The Morgan fingerprint density at radius 1 is 1.05 bits per heavy atom. The van der Waals surface area contributed by atoms with Crippen LogP contribution in [0.2, 0.25) is 0 Å². The van der Waals surface area contributed by atoms with Crippen molar-refractivity contribution in [1.29, 1.82) is 0 Å². The third kappa shape index (κ3) is 15.0. The minimum absolute atomic E-state index is 0.156. The zero-order valence-corrected chi connectivity index (χ0v) is 23.9. The largest absolute Gasteiger partial charge is 0.467 e. The highest BCUT2D eigenvalue weighted by atomic mass is 16.6. The summed E-state index contributed by atoms with van der Waals surface area (Å²) in [6, 6.07) is -3.11.